The predicted octanol–water partition coefficient (Wildman–Crippen LogP) is 6.51. The van der Waals surface area contributed by atoms with Crippen LogP contribution in [0.3, 0.4) is 0 Å². The number of hydrogen-bond donors (Lipinski definition) is 2. The minimum absolute atomic E-state index is 0.0508. The van der Waals surface area contributed by atoms with Gasteiger partial charge in [-0.05, 0) is 91.8 Å². The van der Waals surface area contributed by atoms with Gasteiger partial charge in [-0.25, -0.2) is 0 Å². The summed E-state index contributed by atoms with van der Waals surface area (Å²) >= 11 is 0. The lowest BCUT2D eigenvalue weighted by atomic mass is 10.0. The zero-order valence-electron chi connectivity index (χ0n) is 22.6. The van der Waals surface area contributed by atoms with E-state index in [1.165, 1.54) is 5.56 Å². The number of para-hydroxylation sites is 1. The fourth-order valence-electron chi connectivity index (χ4n) is 3.93. The third-order valence-corrected chi connectivity index (χ3v) is 6.26. The fourth-order valence-corrected chi connectivity index (χ4v) is 3.93. The van der Waals surface area contributed by atoms with Gasteiger partial charge < -0.3 is 20.1 Å². The van der Waals surface area contributed by atoms with Crippen molar-refractivity contribution in [2.45, 2.75) is 59.8 Å². The lowest BCUT2D eigenvalue weighted by Gasteiger charge is -2.14. The van der Waals surface area contributed by atoms with Crippen molar-refractivity contribution < 1.29 is 23.9 Å². The lowest BCUT2D eigenvalue weighted by Crippen LogP contribution is -2.22. The molecular weight excluding hydrogens is 480 g/mol. The summed E-state index contributed by atoms with van der Waals surface area (Å²) in [5.41, 5.74) is 5.87. The van der Waals surface area contributed by atoms with Gasteiger partial charge in [0.25, 0.3) is 5.91 Å². The van der Waals surface area contributed by atoms with Crippen molar-refractivity contribution in [1.82, 2.24) is 0 Å². The highest BCUT2D eigenvalue weighted by Crippen LogP contribution is 2.25. The number of benzene rings is 3. The van der Waals surface area contributed by atoms with E-state index < -0.39 is 5.97 Å². The predicted molar refractivity (Wildman–Crippen MR) is 150 cm³/mol. The molecule has 0 aliphatic rings. The van der Waals surface area contributed by atoms with E-state index in [4.69, 9.17) is 9.47 Å². The standard InChI is InChI=1S/C31H36N2O5/c1-5-23-9-7-10-24(6-2)31(23)33-29(35)20-37-30(36)12-8-11-28(34)32-25-14-17-26(18-15-25)38-27-16-13-21(3)22(4)19-27/h7,9-10,13-19H,5-6,8,11-12,20H2,1-4H3,(H,32,34)(H,33,35). The monoisotopic (exact) mass is 516 g/mol. The minimum atomic E-state index is -0.514. The molecule has 0 atom stereocenters. The average Bonchev–Trinajstić information content (AvgIpc) is 2.91. The Bertz CT molecular complexity index is 1250. The van der Waals surface area contributed by atoms with Crippen LogP contribution in [0.5, 0.6) is 11.5 Å². The van der Waals surface area contributed by atoms with Crippen molar-refractivity contribution in [3.05, 3.63) is 82.9 Å². The molecule has 0 fully saturated rings. The summed E-state index contributed by atoms with van der Waals surface area (Å²) < 4.78 is 11.0. The highest BCUT2D eigenvalue weighted by molar-refractivity contribution is 5.94. The number of carbonyl (C=O) groups excluding carboxylic acids is 3. The van der Waals surface area contributed by atoms with Gasteiger partial charge >= 0.3 is 5.97 Å². The number of aryl methyl sites for hydroxylation is 4. The van der Waals surface area contributed by atoms with E-state index in [1.807, 2.05) is 57.2 Å². The van der Waals surface area contributed by atoms with Crippen molar-refractivity contribution in [3.8, 4) is 11.5 Å². The number of rotatable bonds is 12. The second-order valence-electron chi connectivity index (χ2n) is 9.14. The molecule has 0 saturated carbocycles. The highest BCUT2D eigenvalue weighted by Gasteiger charge is 2.13. The molecule has 38 heavy (non-hydrogen) atoms. The molecule has 0 aromatic heterocycles. The van der Waals surface area contributed by atoms with Crippen LogP contribution < -0.4 is 15.4 Å². The first-order chi connectivity index (χ1) is 18.3. The lowest BCUT2D eigenvalue weighted by molar-refractivity contribution is -0.147. The van der Waals surface area contributed by atoms with Crippen molar-refractivity contribution in [2.24, 2.45) is 0 Å². The molecule has 2 N–H and O–H groups in total. The Hall–Kier alpha value is -4.13. The number of carbonyl (C=O) groups is 3. The van der Waals surface area contributed by atoms with E-state index in [0.29, 0.717) is 17.9 Å². The van der Waals surface area contributed by atoms with E-state index in [9.17, 15) is 14.4 Å². The van der Waals surface area contributed by atoms with Crippen molar-refractivity contribution >= 4 is 29.2 Å². The Morgan fingerprint density at radius 3 is 2.03 bits per heavy atom. The molecule has 3 aromatic carbocycles. The van der Waals surface area contributed by atoms with Gasteiger partial charge in [0, 0.05) is 24.2 Å². The molecule has 0 radical (unpaired) electrons. The average molecular weight is 517 g/mol. The van der Waals surface area contributed by atoms with Gasteiger partial charge in [0.05, 0.1) is 0 Å². The van der Waals surface area contributed by atoms with Gasteiger partial charge in [0.1, 0.15) is 11.5 Å². The Kier molecular flexibility index (Phi) is 10.5. The van der Waals surface area contributed by atoms with Crippen LogP contribution in [-0.4, -0.2) is 24.4 Å². The number of anilines is 2. The van der Waals surface area contributed by atoms with E-state index in [2.05, 4.69) is 17.6 Å². The van der Waals surface area contributed by atoms with Gasteiger partial charge in [0.15, 0.2) is 6.61 Å². The third-order valence-electron chi connectivity index (χ3n) is 6.26. The number of hydrogen-bond acceptors (Lipinski definition) is 5. The van der Waals surface area contributed by atoms with Crippen molar-refractivity contribution in [3.63, 3.8) is 0 Å². The number of nitrogens with one attached hydrogen (secondary N) is 2. The summed E-state index contributed by atoms with van der Waals surface area (Å²) in [6.07, 6.45) is 2.10. The van der Waals surface area contributed by atoms with Crippen LogP contribution in [0.25, 0.3) is 0 Å². The fraction of sp³-hybridized carbons (Fsp3) is 0.323. The summed E-state index contributed by atoms with van der Waals surface area (Å²) in [6, 6.07) is 18.9. The third kappa shape index (κ3) is 8.47. The number of esters is 1. The van der Waals surface area contributed by atoms with E-state index >= 15 is 0 Å². The van der Waals surface area contributed by atoms with Crippen LogP contribution in [0.1, 0.15) is 55.4 Å². The Labute approximate surface area is 224 Å². The van der Waals surface area contributed by atoms with Crippen LogP contribution in [0, 0.1) is 13.8 Å². The van der Waals surface area contributed by atoms with Gasteiger partial charge in [0.2, 0.25) is 5.91 Å². The summed E-state index contributed by atoms with van der Waals surface area (Å²) in [6.45, 7) is 7.78. The Morgan fingerprint density at radius 1 is 0.737 bits per heavy atom. The van der Waals surface area contributed by atoms with Crippen LogP contribution in [0.15, 0.2) is 60.7 Å². The first kappa shape index (κ1) is 28.4. The molecule has 0 spiro atoms. The summed E-state index contributed by atoms with van der Waals surface area (Å²) in [5, 5.41) is 5.68. The molecule has 0 unspecified atom stereocenters. The van der Waals surface area contributed by atoms with Crippen molar-refractivity contribution in [2.75, 3.05) is 17.2 Å². The van der Waals surface area contributed by atoms with Crippen LogP contribution in [-0.2, 0) is 32.0 Å². The number of ether oxygens (including phenoxy) is 2. The van der Waals surface area contributed by atoms with Gasteiger partial charge in [-0.3, -0.25) is 14.4 Å². The molecular formula is C31H36N2O5. The Morgan fingerprint density at radius 2 is 1.39 bits per heavy atom. The molecule has 7 heteroatoms. The summed E-state index contributed by atoms with van der Waals surface area (Å²) in [5.74, 6) is 0.325. The number of amides is 2. The second-order valence-corrected chi connectivity index (χ2v) is 9.14. The molecule has 0 aliphatic heterocycles. The SMILES string of the molecule is CCc1cccc(CC)c1NC(=O)COC(=O)CCCC(=O)Nc1ccc(Oc2ccc(C)c(C)c2)cc1. The smallest absolute Gasteiger partial charge is 0.306 e. The van der Waals surface area contributed by atoms with Crippen LogP contribution in [0.4, 0.5) is 11.4 Å². The molecule has 3 rings (SSSR count). The van der Waals surface area contributed by atoms with E-state index in [-0.39, 0.29) is 31.3 Å². The molecule has 0 aliphatic carbocycles. The Balaban J connectivity index is 1.37. The molecule has 0 bridgehead atoms. The maximum absolute atomic E-state index is 12.3. The normalized spacial score (nSPS) is 10.5. The second kappa shape index (κ2) is 14.0. The van der Waals surface area contributed by atoms with E-state index in [1.54, 1.807) is 24.3 Å². The molecule has 7 nitrogen and oxygen atoms in total. The highest BCUT2D eigenvalue weighted by atomic mass is 16.5. The molecule has 3 aromatic rings. The molecule has 2 amide bonds. The van der Waals surface area contributed by atoms with Crippen LogP contribution in [0.2, 0.25) is 0 Å². The molecule has 200 valence electrons. The largest absolute Gasteiger partial charge is 0.457 e. The first-order valence-electron chi connectivity index (χ1n) is 13.0. The zero-order chi connectivity index (χ0) is 27.5. The molecule has 0 heterocycles. The minimum Gasteiger partial charge on any atom is -0.457 e. The topological polar surface area (TPSA) is 93.7 Å². The van der Waals surface area contributed by atoms with Gasteiger partial charge in [-0.1, -0.05) is 38.1 Å². The first-order valence-corrected chi connectivity index (χ1v) is 13.0. The molecule has 0 saturated heterocycles. The maximum atomic E-state index is 12.3. The zero-order valence-corrected chi connectivity index (χ0v) is 22.6. The van der Waals surface area contributed by atoms with Gasteiger partial charge in [-0.2, -0.15) is 0 Å². The quantitative estimate of drug-likeness (QED) is 0.268. The van der Waals surface area contributed by atoms with Crippen LogP contribution >= 0.6 is 0 Å². The summed E-state index contributed by atoms with van der Waals surface area (Å²) in [4.78, 5) is 36.7. The maximum Gasteiger partial charge on any atom is 0.306 e. The van der Waals surface area contributed by atoms with Crippen molar-refractivity contribution in [1.29, 1.82) is 0 Å². The van der Waals surface area contributed by atoms with E-state index in [0.717, 1.165) is 41.0 Å². The van der Waals surface area contributed by atoms with Gasteiger partial charge in [-0.15, -0.1) is 0 Å². The summed E-state index contributed by atoms with van der Waals surface area (Å²) in [7, 11) is 0.